The van der Waals surface area contributed by atoms with Crippen LogP contribution in [-0.2, 0) is 11.3 Å². The lowest BCUT2D eigenvalue weighted by Crippen LogP contribution is -2.12. The van der Waals surface area contributed by atoms with Crippen molar-refractivity contribution < 1.29 is 9.53 Å². The van der Waals surface area contributed by atoms with Crippen LogP contribution >= 0.6 is 0 Å². The molecule has 0 saturated carbocycles. The first-order chi connectivity index (χ1) is 15.1. The number of anilines is 1. The number of carbonyl (C=O) groups is 1. The van der Waals surface area contributed by atoms with Gasteiger partial charge in [-0.3, -0.25) is 4.79 Å². The van der Waals surface area contributed by atoms with Gasteiger partial charge in [0.1, 0.15) is 29.3 Å². The summed E-state index contributed by atoms with van der Waals surface area (Å²) in [5.74, 6) is 3.52. The Hall–Kier alpha value is -4.18. The zero-order chi connectivity index (χ0) is 21.8. The minimum Gasteiger partial charge on any atom is -0.457 e. The molecule has 0 aliphatic carbocycles. The molecule has 4 rings (SSSR count). The lowest BCUT2D eigenvalue weighted by Gasteiger charge is -2.07. The molecule has 0 spiro atoms. The Labute approximate surface area is 179 Å². The highest BCUT2D eigenvalue weighted by atomic mass is 16.5. The Morgan fingerprint density at radius 3 is 2.55 bits per heavy atom. The predicted octanol–water partition coefficient (Wildman–Crippen LogP) is 4.10. The van der Waals surface area contributed by atoms with Crippen molar-refractivity contribution in [2.45, 2.75) is 19.9 Å². The van der Waals surface area contributed by atoms with E-state index >= 15 is 0 Å². The van der Waals surface area contributed by atoms with Gasteiger partial charge in [-0.05, 0) is 48.7 Å². The third kappa shape index (κ3) is 4.23. The summed E-state index contributed by atoms with van der Waals surface area (Å²) in [5.41, 5.74) is 8.31. The molecule has 2 N–H and O–H groups in total. The average molecular weight is 411 g/mol. The number of fused-ring (bicyclic) bond motifs is 1. The molecule has 1 atom stereocenters. The van der Waals surface area contributed by atoms with Crippen LogP contribution in [0.2, 0.25) is 0 Å². The normalized spacial score (nSPS) is 11.7. The number of terminal acetylenes is 1. The SMILES string of the molecule is C#CC(=O)C(C)CCn1nc(-c2ccc(Oc3ccccc3)cc2)c2c(N)ncnc21. The molecule has 1 unspecified atom stereocenters. The lowest BCUT2D eigenvalue weighted by atomic mass is 10.0. The first-order valence-electron chi connectivity index (χ1n) is 9.87. The van der Waals surface area contributed by atoms with E-state index in [1.165, 1.54) is 6.33 Å². The van der Waals surface area contributed by atoms with E-state index in [-0.39, 0.29) is 11.7 Å². The maximum Gasteiger partial charge on any atom is 0.208 e. The molecule has 0 bridgehead atoms. The van der Waals surface area contributed by atoms with Crippen molar-refractivity contribution >= 4 is 22.6 Å². The van der Waals surface area contributed by atoms with Crippen molar-refractivity contribution in [3.63, 3.8) is 0 Å². The number of hydrogen-bond acceptors (Lipinski definition) is 6. The second-order valence-corrected chi connectivity index (χ2v) is 7.17. The van der Waals surface area contributed by atoms with E-state index in [1.54, 1.807) is 4.68 Å². The van der Waals surface area contributed by atoms with Gasteiger partial charge in [-0.25, -0.2) is 14.6 Å². The van der Waals surface area contributed by atoms with Gasteiger partial charge in [0, 0.05) is 18.0 Å². The third-order valence-electron chi connectivity index (χ3n) is 5.03. The highest BCUT2D eigenvalue weighted by Gasteiger charge is 2.18. The number of aromatic nitrogens is 4. The van der Waals surface area contributed by atoms with Crippen LogP contribution < -0.4 is 10.5 Å². The minimum atomic E-state index is -0.263. The number of ketones is 1. The molecule has 0 saturated heterocycles. The van der Waals surface area contributed by atoms with Gasteiger partial charge in [-0.2, -0.15) is 5.10 Å². The van der Waals surface area contributed by atoms with Crippen LogP contribution in [0.4, 0.5) is 5.82 Å². The first-order valence-corrected chi connectivity index (χ1v) is 9.87. The second kappa shape index (κ2) is 8.67. The number of ether oxygens (including phenoxy) is 1. The summed E-state index contributed by atoms with van der Waals surface area (Å²) in [6, 6.07) is 17.2. The molecule has 0 amide bonds. The van der Waals surface area contributed by atoms with Crippen LogP contribution in [0.15, 0.2) is 60.9 Å². The number of benzene rings is 2. The largest absolute Gasteiger partial charge is 0.457 e. The van der Waals surface area contributed by atoms with E-state index in [1.807, 2.05) is 61.5 Å². The molecule has 0 radical (unpaired) electrons. The fourth-order valence-electron chi connectivity index (χ4n) is 3.28. The monoisotopic (exact) mass is 411 g/mol. The molecule has 2 aromatic carbocycles. The van der Waals surface area contributed by atoms with Gasteiger partial charge in [-0.15, -0.1) is 6.42 Å². The van der Waals surface area contributed by atoms with E-state index < -0.39 is 0 Å². The molecule has 0 fully saturated rings. The molecule has 4 aromatic rings. The zero-order valence-corrected chi connectivity index (χ0v) is 17.0. The van der Waals surface area contributed by atoms with E-state index in [0.29, 0.717) is 41.3 Å². The van der Waals surface area contributed by atoms with Gasteiger partial charge < -0.3 is 10.5 Å². The number of nitrogens with two attached hydrogens (primary N) is 1. The topological polar surface area (TPSA) is 95.9 Å². The van der Waals surface area contributed by atoms with Crippen molar-refractivity contribution in [3.05, 3.63) is 60.9 Å². The van der Waals surface area contributed by atoms with Gasteiger partial charge in [0.05, 0.1) is 5.39 Å². The highest BCUT2D eigenvalue weighted by Crippen LogP contribution is 2.32. The van der Waals surface area contributed by atoms with Crippen molar-refractivity contribution in [3.8, 4) is 35.1 Å². The summed E-state index contributed by atoms with van der Waals surface area (Å²) >= 11 is 0. The van der Waals surface area contributed by atoms with Gasteiger partial charge >= 0.3 is 0 Å². The zero-order valence-electron chi connectivity index (χ0n) is 17.0. The van der Waals surface area contributed by atoms with Crippen LogP contribution in [0.5, 0.6) is 11.5 Å². The standard InChI is InChI=1S/C24H21N5O2/c1-3-20(30)16(2)13-14-29-24-21(23(25)26-15-27-24)22(28-29)17-9-11-19(12-10-17)31-18-7-5-4-6-8-18/h1,4-12,15-16H,13-14H2,2H3,(H2,25,26,27). The second-order valence-electron chi connectivity index (χ2n) is 7.17. The van der Waals surface area contributed by atoms with Crippen LogP contribution in [0.1, 0.15) is 13.3 Å². The number of rotatable bonds is 7. The third-order valence-corrected chi connectivity index (χ3v) is 5.03. The number of carbonyl (C=O) groups excluding carboxylic acids is 1. The summed E-state index contributed by atoms with van der Waals surface area (Å²) in [5, 5.41) is 5.40. The van der Waals surface area contributed by atoms with Crippen molar-refractivity contribution in [1.29, 1.82) is 0 Å². The molecule has 0 aliphatic heterocycles. The summed E-state index contributed by atoms with van der Waals surface area (Å²) in [7, 11) is 0. The number of nitrogen functional groups attached to an aromatic ring is 1. The summed E-state index contributed by atoms with van der Waals surface area (Å²) in [4.78, 5) is 20.2. The highest BCUT2D eigenvalue weighted by molar-refractivity contribution is 5.98. The molecule has 0 aliphatic rings. The number of para-hydroxylation sites is 1. The van der Waals surface area contributed by atoms with Crippen LogP contribution in [0.3, 0.4) is 0 Å². The molecule has 2 heterocycles. The van der Waals surface area contributed by atoms with E-state index in [0.717, 1.165) is 11.3 Å². The quantitative estimate of drug-likeness (QED) is 0.363. The molecule has 31 heavy (non-hydrogen) atoms. The van der Waals surface area contributed by atoms with Crippen molar-refractivity contribution in [2.24, 2.45) is 5.92 Å². The maximum atomic E-state index is 11.7. The molecule has 2 aromatic heterocycles. The van der Waals surface area contributed by atoms with Gasteiger partial charge in [0.15, 0.2) is 5.65 Å². The molecular formula is C24H21N5O2. The molecular weight excluding hydrogens is 390 g/mol. The van der Waals surface area contributed by atoms with Gasteiger partial charge in [0.25, 0.3) is 0 Å². The maximum absolute atomic E-state index is 11.7. The Morgan fingerprint density at radius 2 is 1.84 bits per heavy atom. The Kier molecular flexibility index (Phi) is 5.63. The van der Waals surface area contributed by atoms with Crippen LogP contribution in [0, 0.1) is 18.3 Å². The van der Waals surface area contributed by atoms with Gasteiger partial charge in [-0.1, -0.05) is 25.1 Å². The smallest absolute Gasteiger partial charge is 0.208 e. The number of nitrogens with zero attached hydrogens (tertiary/aromatic N) is 4. The fraction of sp³-hybridized carbons (Fsp3) is 0.167. The summed E-state index contributed by atoms with van der Waals surface area (Å²) in [6.07, 6.45) is 7.18. The van der Waals surface area contributed by atoms with Crippen molar-refractivity contribution in [1.82, 2.24) is 19.7 Å². The van der Waals surface area contributed by atoms with E-state index in [4.69, 9.17) is 22.0 Å². The average Bonchev–Trinajstić information content (AvgIpc) is 3.18. The number of Topliss-reactive ketones (excluding diaryl/α,β-unsaturated/α-hetero) is 1. The van der Waals surface area contributed by atoms with Crippen molar-refractivity contribution in [2.75, 3.05) is 5.73 Å². The molecule has 7 nitrogen and oxygen atoms in total. The van der Waals surface area contributed by atoms with Crippen LogP contribution in [0.25, 0.3) is 22.3 Å². The summed E-state index contributed by atoms with van der Waals surface area (Å²) in [6.45, 7) is 2.29. The Bertz CT molecular complexity index is 1260. The molecule has 154 valence electrons. The lowest BCUT2D eigenvalue weighted by molar-refractivity contribution is -0.117. The van der Waals surface area contributed by atoms with Crippen LogP contribution in [-0.4, -0.2) is 25.5 Å². The Morgan fingerprint density at radius 1 is 1.13 bits per heavy atom. The number of aryl methyl sites for hydroxylation is 1. The van der Waals surface area contributed by atoms with E-state index in [2.05, 4.69) is 15.9 Å². The van der Waals surface area contributed by atoms with Gasteiger partial charge in [0.2, 0.25) is 5.78 Å². The summed E-state index contributed by atoms with van der Waals surface area (Å²) < 4.78 is 7.61. The first kappa shape index (κ1) is 20.1. The Balaban J connectivity index is 1.64. The fourth-order valence-corrected chi connectivity index (χ4v) is 3.28. The number of hydrogen-bond donors (Lipinski definition) is 1. The minimum absolute atomic E-state index is 0.222. The van der Waals surface area contributed by atoms with E-state index in [9.17, 15) is 4.79 Å². The molecule has 7 heteroatoms. The predicted molar refractivity (Wildman–Crippen MR) is 119 cm³/mol.